The number of furan rings is 1. The van der Waals surface area contributed by atoms with Crippen LogP contribution < -0.4 is 10.6 Å². The van der Waals surface area contributed by atoms with Gasteiger partial charge in [0.05, 0.1) is 6.26 Å². The highest BCUT2D eigenvalue weighted by Crippen LogP contribution is 2.15. The molecule has 0 saturated carbocycles. The molecule has 2 N–H and O–H groups in total. The van der Waals surface area contributed by atoms with E-state index >= 15 is 0 Å². The summed E-state index contributed by atoms with van der Waals surface area (Å²) < 4.78 is 5.28. The van der Waals surface area contributed by atoms with Crippen molar-refractivity contribution >= 4 is 23.6 Å². The summed E-state index contributed by atoms with van der Waals surface area (Å²) in [4.78, 5) is 25.3. The number of para-hydroxylation sites is 1. The van der Waals surface area contributed by atoms with Crippen molar-refractivity contribution in [3.05, 3.63) is 95.1 Å². The van der Waals surface area contributed by atoms with E-state index in [9.17, 15) is 9.59 Å². The number of nitrogens with one attached hydrogen (secondary N) is 2. The minimum atomic E-state index is -0.429. The minimum Gasteiger partial charge on any atom is -0.465 e. The summed E-state index contributed by atoms with van der Waals surface area (Å²) in [5, 5.41) is 5.51. The first kappa shape index (κ1) is 18.2. The fourth-order valence-electron chi connectivity index (χ4n) is 2.48. The third-order valence-corrected chi connectivity index (χ3v) is 4.03. The van der Waals surface area contributed by atoms with Crippen molar-refractivity contribution in [3.8, 4) is 0 Å². The van der Waals surface area contributed by atoms with Crippen molar-refractivity contribution < 1.29 is 14.0 Å². The summed E-state index contributed by atoms with van der Waals surface area (Å²) in [6.45, 7) is 3.84. The predicted molar refractivity (Wildman–Crippen MR) is 105 cm³/mol. The van der Waals surface area contributed by atoms with Gasteiger partial charge in [0, 0.05) is 17.3 Å². The Hall–Kier alpha value is -3.60. The first-order chi connectivity index (χ1) is 13.0. The van der Waals surface area contributed by atoms with Crippen molar-refractivity contribution in [1.29, 1.82) is 0 Å². The molecule has 0 aliphatic heterocycles. The van der Waals surface area contributed by atoms with Crippen molar-refractivity contribution in [1.82, 2.24) is 5.32 Å². The van der Waals surface area contributed by atoms with Crippen LogP contribution in [0.3, 0.4) is 0 Å². The van der Waals surface area contributed by atoms with Gasteiger partial charge in [0.1, 0.15) is 11.5 Å². The average Bonchev–Trinajstić information content (AvgIpc) is 3.16. The molecule has 1 heterocycles. The van der Waals surface area contributed by atoms with Crippen LogP contribution in [-0.2, 0) is 4.79 Å². The molecule has 0 unspecified atom stereocenters. The maximum Gasteiger partial charge on any atom is 0.272 e. The fourth-order valence-corrected chi connectivity index (χ4v) is 2.48. The van der Waals surface area contributed by atoms with Crippen LogP contribution in [0.2, 0.25) is 0 Å². The summed E-state index contributed by atoms with van der Waals surface area (Å²) in [7, 11) is 0. The molecule has 0 bridgehead atoms. The summed E-state index contributed by atoms with van der Waals surface area (Å²) in [6.07, 6.45) is 3.00. The Kier molecular flexibility index (Phi) is 5.52. The standard InChI is InChI=1S/C22H20N2O3/c1-15-9-11-17(12-10-15)21(25)24-20(14-18-7-5-13-27-18)22(26)23-19-8-4-3-6-16(19)2/h3-14H,1-2H3,(H,23,26)(H,24,25). The molecule has 0 saturated heterocycles. The van der Waals surface area contributed by atoms with E-state index in [4.69, 9.17) is 4.42 Å². The highest BCUT2D eigenvalue weighted by Gasteiger charge is 2.16. The number of anilines is 1. The van der Waals surface area contributed by atoms with E-state index in [1.165, 1.54) is 12.3 Å². The molecule has 27 heavy (non-hydrogen) atoms. The zero-order valence-corrected chi connectivity index (χ0v) is 15.2. The highest BCUT2D eigenvalue weighted by atomic mass is 16.3. The molecule has 2 amide bonds. The Labute approximate surface area is 157 Å². The SMILES string of the molecule is Cc1ccc(C(=O)NC(=Cc2ccco2)C(=O)Nc2ccccc2C)cc1. The Bertz CT molecular complexity index is 971. The monoisotopic (exact) mass is 360 g/mol. The second-order valence-electron chi connectivity index (χ2n) is 6.16. The zero-order chi connectivity index (χ0) is 19.2. The van der Waals surface area contributed by atoms with Crippen LogP contribution in [0, 0.1) is 13.8 Å². The molecule has 5 nitrogen and oxygen atoms in total. The molecule has 0 spiro atoms. The van der Waals surface area contributed by atoms with E-state index in [0.29, 0.717) is 17.0 Å². The first-order valence-electron chi connectivity index (χ1n) is 8.53. The predicted octanol–water partition coefficient (Wildman–Crippen LogP) is 4.31. The van der Waals surface area contributed by atoms with E-state index in [2.05, 4.69) is 10.6 Å². The van der Waals surface area contributed by atoms with E-state index < -0.39 is 5.91 Å². The van der Waals surface area contributed by atoms with Gasteiger partial charge < -0.3 is 15.1 Å². The van der Waals surface area contributed by atoms with Gasteiger partial charge in [-0.2, -0.15) is 0 Å². The fraction of sp³-hybridized carbons (Fsp3) is 0.0909. The number of benzene rings is 2. The molecule has 2 aromatic carbocycles. The van der Waals surface area contributed by atoms with Crippen LogP contribution in [-0.4, -0.2) is 11.8 Å². The number of carbonyl (C=O) groups is 2. The zero-order valence-electron chi connectivity index (χ0n) is 15.2. The number of rotatable bonds is 5. The second-order valence-corrected chi connectivity index (χ2v) is 6.16. The van der Waals surface area contributed by atoms with Gasteiger partial charge in [0.15, 0.2) is 0 Å². The summed E-state index contributed by atoms with van der Waals surface area (Å²) in [5.74, 6) is -0.331. The number of hydrogen-bond donors (Lipinski definition) is 2. The van der Waals surface area contributed by atoms with Crippen LogP contribution in [0.5, 0.6) is 0 Å². The molecule has 0 aliphatic carbocycles. The van der Waals surface area contributed by atoms with E-state index in [0.717, 1.165) is 11.1 Å². The summed E-state index contributed by atoms with van der Waals surface area (Å²) >= 11 is 0. The molecule has 0 radical (unpaired) electrons. The highest BCUT2D eigenvalue weighted by molar-refractivity contribution is 6.10. The summed E-state index contributed by atoms with van der Waals surface area (Å²) in [6, 6.07) is 18.0. The van der Waals surface area contributed by atoms with Gasteiger partial charge in [-0.15, -0.1) is 0 Å². The number of hydrogen-bond acceptors (Lipinski definition) is 3. The Morgan fingerprint density at radius 2 is 1.67 bits per heavy atom. The molecule has 3 aromatic rings. The Balaban J connectivity index is 1.85. The molecule has 136 valence electrons. The van der Waals surface area contributed by atoms with Gasteiger partial charge in [-0.05, 0) is 49.7 Å². The molecule has 0 atom stereocenters. The molecule has 5 heteroatoms. The van der Waals surface area contributed by atoms with Crippen LogP contribution in [0.15, 0.2) is 77.0 Å². The average molecular weight is 360 g/mol. The Morgan fingerprint density at radius 1 is 0.926 bits per heavy atom. The first-order valence-corrected chi connectivity index (χ1v) is 8.53. The van der Waals surface area contributed by atoms with Gasteiger partial charge in [-0.1, -0.05) is 35.9 Å². The maximum atomic E-state index is 12.8. The van der Waals surface area contributed by atoms with Crippen molar-refractivity contribution in [3.63, 3.8) is 0 Å². The largest absolute Gasteiger partial charge is 0.465 e. The Morgan fingerprint density at radius 3 is 2.33 bits per heavy atom. The molecule has 0 fully saturated rings. The number of aryl methyl sites for hydroxylation is 2. The molecule has 0 aliphatic rings. The van der Waals surface area contributed by atoms with Gasteiger partial charge >= 0.3 is 0 Å². The lowest BCUT2D eigenvalue weighted by Gasteiger charge is -2.12. The third-order valence-electron chi connectivity index (χ3n) is 4.03. The third kappa shape index (κ3) is 4.73. The smallest absolute Gasteiger partial charge is 0.272 e. The van der Waals surface area contributed by atoms with Gasteiger partial charge in [-0.25, -0.2) is 0 Å². The van der Waals surface area contributed by atoms with Crippen molar-refractivity contribution in [2.75, 3.05) is 5.32 Å². The minimum absolute atomic E-state index is 0.0961. The summed E-state index contributed by atoms with van der Waals surface area (Å²) in [5.41, 5.74) is 3.22. The van der Waals surface area contributed by atoms with Crippen LogP contribution in [0.4, 0.5) is 5.69 Å². The van der Waals surface area contributed by atoms with Crippen LogP contribution in [0.1, 0.15) is 27.2 Å². The van der Waals surface area contributed by atoms with Crippen LogP contribution in [0.25, 0.3) is 6.08 Å². The molecular weight excluding hydrogens is 340 g/mol. The van der Waals surface area contributed by atoms with Gasteiger partial charge in [0.25, 0.3) is 11.8 Å². The quantitative estimate of drug-likeness (QED) is 0.666. The number of carbonyl (C=O) groups excluding carboxylic acids is 2. The van der Waals surface area contributed by atoms with Crippen molar-refractivity contribution in [2.45, 2.75) is 13.8 Å². The van der Waals surface area contributed by atoms with E-state index in [1.807, 2.05) is 44.2 Å². The lowest BCUT2D eigenvalue weighted by molar-refractivity contribution is -0.113. The maximum absolute atomic E-state index is 12.8. The second kappa shape index (κ2) is 8.19. The lowest BCUT2D eigenvalue weighted by Crippen LogP contribution is -2.30. The van der Waals surface area contributed by atoms with Gasteiger partial charge in [0.2, 0.25) is 0 Å². The number of amides is 2. The molecular formula is C22H20N2O3. The van der Waals surface area contributed by atoms with Gasteiger partial charge in [-0.3, -0.25) is 9.59 Å². The van der Waals surface area contributed by atoms with E-state index in [1.54, 1.807) is 30.3 Å². The van der Waals surface area contributed by atoms with E-state index in [-0.39, 0.29) is 11.6 Å². The lowest BCUT2D eigenvalue weighted by atomic mass is 10.1. The topological polar surface area (TPSA) is 71.3 Å². The molecule has 1 aromatic heterocycles. The normalized spacial score (nSPS) is 11.1. The molecule has 3 rings (SSSR count). The van der Waals surface area contributed by atoms with Crippen LogP contribution >= 0.6 is 0 Å². The van der Waals surface area contributed by atoms with Crippen molar-refractivity contribution in [2.24, 2.45) is 0 Å².